The average molecular weight is 536 g/mol. The van der Waals surface area contributed by atoms with Gasteiger partial charge in [-0.3, -0.25) is 4.79 Å². The van der Waals surface area contributed by atoms with Gasteiger partial charge < -0.3 is 20.7 Å². The number of hydrogen-bond acceptors (Lipinski definition) is 5. The van der Waals surface area contributed by atoms with Crippen LogP contribution in [0, 0.1) is 0 Å². The van der Waals surface area contributed by atoms with Gasteiger partial charge in [0.1, 0.15) is 5.75 Å². The van der Waals surface area contributed by atoms with Crippen LogP contribution in [0.1, 0.15) is 36.0 Å². The van der Waals surface area contributed by atoms with E-state index in [4.69, 9.17) is 22.1 Å². The van der Waals surface area contributed by atoms with Crippen molar-refractivity contribution >= 4 is 34.8 Å². The molecule has 5 nitrogen and oxygen atoms in total. The highest BCUT2D eigenvalue weighted by molar-refractivity contribution is 7.98. The number of thioether (sulfide) groups is 1. The second-order valence-electron chi connectivity index (χ2n) is 9.81. The number of ether oxygens (including phenoxy) is 1. The summed E-state index contributed by atoms with van der Waals surface area (Å²) in [6.07, 6.45) is 10.1. The van der Waals surface area contributed by atoms with E-state index in [1.54, 1.807) is 18.9 Å². The van der Waals surface area contributed by atoms with Crippen LogP contribution in [-0.2, 0) is 17.0 Å². The van der Waals surface area contributed by atoms with Gasteiger partial charge in [0.25, 0.3) is 0 Å². The van der Waals surface area contributed by atoms with Crippen LogP contribution in [0.15, 0.2) is 72.0 Å². The first-order valence-electron chi connectivity index (χ1n) is 12.9. The van der Waals surface area contributed by atoms with Gasteiger partial charge in [0.05, 0.1) is 19.2 Å². The molecule has 3 aliphatic rings. The van der Waals surface area contributed by atoms with E-state index in [9.17, 15) is 4.79 Å². The molecule has 2 aromatic carbocycles. The van der Waals surface area contributed by atoms with Gasteiger partial charge in [0, 0.05) is 29.6 Å². The summed E-state index contributed by atoms with van der Waals surface area (Å²) >= 11 is 8.06. The number of likely N-dealkylation sites (tertiary alicyclic amines) is 1. The summed E-state index contributed by atoms with van der Waals surface area (Å²) in [6.45, 7) is 1.41. The van der Waals surface area contributed by atoms with E-state index >= 15 is 0 Å². The van der Waals surface area contributed by atoms with Gasteiger partial charge in [-0.05, 0) is 90.1 Å². The average Bonchev–Trinajstić information content (AvgIpc) is 3.09. The number of amides is 1. The number of carbonyl (C=O) groups excluding carboxylic acids is 1. The number of carbonyl (C=O) groups is 1. The molecule has 2 atom stereocenters. The Morgan fingerprint density at radius 1 is 1.16 bits per heavy atom. The van der Waals surface area contributed by atoms with Crippen molar-refractivity contribution in [3.05, 3.63) is 93.7 Å². The van der Waals surface area contributed by atoms with Crippen molar-refractivity contribution in [1.82, 2.24) is 10.2 Å². The number of nitrogens with zero attached hydrogens (tertiary/aromatic N) is 1. The summed E-state index contributed by atoms with van der Waals surface area (Å²) in [7, 11) is 1.67. The Morgan fingerprint density at radius 3 is 2.70 bits per heavy atom. The quantitative estimate of drug-likeness (QED) is 0.522. The van der Waals surface area contributed by atoms with Crippen molar-refractivity contribution in [2.75, 3.05) is 26.0 Å². The highest BCUT2D eigenvalue weighted by Crippen LogP contribution is 2.39. The Morgan fingerprint density at radius 2 is 1.95 bits per heavy atom. The number of allylic oxidation sites excluding steroid dienone is 2. The molecule has 1 fully saturated rings. The van der Waals surface area contributed by atoms with Crippen molar-refractivity contribution in [3.8, 4) is 5.75 Å². The lowest BCUT2D eigenvalue weighted by Gasteiger charge is -2.34. The molecule has 1 aliphatic carbocycles. The number of nitrogens with two attached hydrogens (primary N) is 1. The first kappa shape index (κ1) is 26.0. The minimum atomic E-state index is -0.488. The minimum Gasteiger partial charge on any atom is -0.497 e. The van der Waals surface area contributed by atoms with Gasteiger partial charge in [-0.1, -0.05) is 41.4 Å². The lowest BCUT2D eigenvalue weighted by atomic mass is 9.85. The van der Waals surface area contributed by atoms with E-state index in [1.165, 1.54) is 33.4 Å². The number of rotatable bonds is 6. The number of methoxy groups -OCH3 is 1. The third-order valence-corrected chi connectivity index (χ3v) is 8.84. The maximum atomic E-state index is 13.1. The number of nitrogens with one attached hydrogen (secondary N) is 1. The molecule has 2 aliphatic heterocycles. The van der Waals surface area contributed by atoms with Crippen molar-refractivity contribution in [3.63, 3.8) is 0 Å². The molecule has 2 heterocycles. The lowest BCUT2D eigenvalue weighted by Crippen LogP contribution is -2.47. The van der Waals surface area contributed by atoms with Crippen molar-refractivity contribution < 1.29 is 9.53 Å². The zero-order valence-electron chi connectivity index (χ0n) is 21.2. The number of benzene rings is 2. The third-order valence-electron chi connectivity index (χ3n) is 7.47. The number of dihydropyridines is 1. The molecule has 5 rings (SSSR count). The largest absolute Gasteiger partial charge is 0.497 e. The molecule has 194 valence electrons. The third kappa shape index (κ3) is 5.92. The lowest BCUT2D eigenvalue weighted by molar-refractivity contribution is -0.132. The van der Waals surface area contributed by atoms with E-state index in [1.807, 2.05) is 29.3 Å². The van der Waals surface area contributed by atoms with Gasteiger partial charge in [-0.25, -0.2) is 0 Å². The summed E-state index contributed by atoms with van der Waals surface area (Å²) in [6, 6.07) is 14.0. The van der Waals surface area contributed by atoms with Crippen LogP contribution >= 0.6 is 23.4 Å². The van der Waals surface area contributed by atoms with E-state index in [0.717, 1.165) is 42.2 Å². The topological polar surface area (TPSA) is 67.6 Å². The molecule has 1 saturated heterocycles. The molecule has 0 radical (unpaired) electrons. The molecule has 0 aromatic heterocycles. The number of aryl methyl sites for hydroxylation is 1. The van der Waals surface area contributed by atoms with Gasteiger partial charge in [0.15, 0.2) is 0 Å². The number of halogens is 1. The van der Waals surface area contributed by atoms with Crippen LogP contribution in [0.5, 0.6) is 5.75 Å². The molecule has 2 aromatic rings. The fraction of sp³-hybridized carbons (Fsp3) is 0.367. The van der Waals surface area contributed by atoms with Gasteiger partial charge in [-0.15, -0.1) is 0 Å². The molecule has 37 heavy (non-hydrogen) atoms. The predicted molar refractivity (Wildman–Crippen MR) is 154 cm³/mol. The smallest absolute Gasteiger partial charge is 0.240 e. The molecular formula is C30H34ClN3O2S. The summed E-state index contributed by atoms with van der Waals surface area (Å²) in [5, 5.41) is 4.39. The molecule has 0 spiro atoms. The number of hydrogen-bond donors (Lipinski definition) is 2. The van der Waals surface area contributed by atoms with E-state index in [-0.39, 0.29) is 11.9 Å². The Labute approximate surface area is 228 Å². The molecule has 0 saturated carbocycles. The monoisotopic (exact) mass is 535 g/mol. The number of piperidine rings is 1. The zero-order chi connectivity index (χ0) is 25.8. The molecule has 7 heteroatoms. The van der Waals surface area contributed by atoms with Crippen LogP contribution in [0.2, 0.25) is 5.02 Å². The number of fused-ring (bicyclic) bond motifs is 2. The summed E-state index contributed by atoms with van der Waals surface area (Å²) < 4.78 is 5.22. The van der Waals surface area contributed by atoms with E-state index in [2.05, 4.69) is 41.7 Å². The van der Waals surface area contributed by atoms with Crippen molar-refractivity contribution in [2.24, 2.45) is 5.73 Å². The van der Waals surface area contributed by atoms with Crippen molar-refractivity contribution in [2.45, 2.75) is 43.5 Å². The van der Waals surface area contributed by atoms with E-state index < -0.39 is 6.04 Å². The van der Waals surface area contributed by atoms with Crippen molar-refractivity contribution in [1.29, 1.82) is 0 Å². The fourth-order valence-corrected chi connectivity index (χ4v) is 6.62. The van der Waals surface area contributed by atoms with Gasteiger partial charge in [-0.2, -0.15) is 11.8 Å². The second-order valence-corrected chi connectivity index (χ2v) is 11.3. The van der Waals surface area contributed by atoms with Crippen LogP contribution < -0.4 is 15.8 Å². The Kier molecular flexibility index (Phi) is 8.28. The maximum Gasteiger partial charge on any atom is 0.240 e. The highest BCUT2D eigenvalue weighted by Gasteiger charge is 2.31. The highest BCUT2D eigenvalue weighted by atomic mass is 35.5. The Hall–Kier alpha value is -2.67. The predicted octanol–water partition coefficient (Wildman–Crippen LogP) is 5.34. The Balaban J connectivity index is 1.24. The molecule has 0 bridgehead atoms. The molecule has 3 N–H and O–H groups in total. The first-order valence-corrected chi connectivity index (χ1v) is 14.4. The SMILES string of the molecule is COc1ccc(CSC[C@@H](N)C(=O)N2CCC(=C3c4ccc(Cl)cc4CCC4=CC=CNC43)CC2)cc1. The van der Waals surface area contributed by atoms with Crippen LogP contribution in [0.4, 0.5) is 0 Å². The second kappa shape index (κ2) is 11.8. The molecule has 1 amide bonds. The molecule has 1 unspecified atom stereocenters. The molecular weight excluding hydrogens is 502 g/mol. The standard InChI is InChI=1S/C30H34ClN3O2S/c1-36-25-9-4-20(5-10-25)18-37-19-27(32)30(35)34-15-12-21(13-16-34)28-26-11-8-24(31)17-23(26)7-6-22-3-2-14-33-29(22)28/h2-5,8-11,14,17,27,29,33H,6-7,12-13,15-16,18-19,32H2,1H3/t27-,29?/m1/s1. The summed E-state index contributed by atoms with van der Waals surface area (Å²) in [5.41, 5.74) is 14.3. The fourth-order valence-electron chi connectivity index (χ4n) is 5.48. The van der Waals surface area contributed by atoms with Crippen LogP contribution in [0.3, 0.4) is 0 Å². The first-order chi connectivity index (χ1) is 18.0. The minimum absolute atomic E-state index is 0.0543. The van der Waals surface area contributed by atoms with Crippen LogP contribution in [-0.4, -0.2) is 48.8 Å². The van der Waals surface area contributed by atoms with Crippen LogP contribution in [0.25, 0.3) is 5.57 Å². The zero-order valence-corrected chi connectivity index (χ0v) is 22.8. The van der Waals surface area contributed by atoms with Gasteiger partial charge in [0.2, 0.25) is 5.91 Å². The maximum absolute atomic E-state index is 13.1. The van der Waals surface area contributed by atoms with Gasteiger partial charge >= 0.3 is 0 Å². The van der Waals surface area contributed by atoms with E-state index in [0.29, 0.717) is 18.8 Å². The normalized spacial score (nSPS) is 19.8. The summed E-state index contributed by atoms with van der Waals surface area (Å²) in [4.78, 5) is 15.1. The Bertz CT molecular complexity index is 1230. The summed E-state index contributed by atoms with van der Waals surface area (Å²) in [5.74, 6) is 2.33.